The maximum absolute atomic E-state index is 13.5. The van der Waals surface area contributed by atoms with Crippen LogP contribution in [0.3, 0.4) is 0 Å². The Kier molecular flexibility index (Phi) is 5.58. The normalized spacial score (nSPS) is 19.1. The van der Waals surface area contributed by atoms with Gasteiger partial charge in [-0.1, -0.05) is 19.9 Å². The van der Waals surface area contributed by atoms with E-state index in [9.17, 15) is 14.4 Å². The fourth-order valence-corrected chi connectivity index (χ4v) is 4.11. The molecular formula is C20H28N4O4. The number of hydrogen-bond acceptors (Lipinski definition) is 5. The van der Waals surface area contributed by atoms with Crippen molar-refractivity contribution in [3.63, 3.8) is 0 Å². The lowest BCUT2D eigenvalue weighted by molar-refractivity contribution is -0.140. The Labute approximate surface area is 165 Å². The third-order valence-electron chi connectivity index (χ3n) is 5.58. The minimum absolute atomic E-state index is 0.000940. The number of likely N-dealkylation sites (tertiary alicyclic amines) is 1. The molecule has 2 aliphatic heterocycles. The minimum Gasteiger partial charge on any atom is -0.481 e. The number of carbonyl (C=O) groups excluding carboxylic acids is 3. The van der Waals surface area contributed by atoms with Crippen molar-refractivity contribution < 1.29 is 19.1 Å². The summed E-state index contributed by atoms with van der Waals surface area (Å²) in [7, 11) is 1.52. The van der Waals surface area contributed by atoms with Gasteiger partial charge in [0.25, 0.3) is 5.91 Å². The van der Waals surface area contributed by atoms with Gasteiger partial charge in [-0.2, -0.15) is 0 Å². The van der Waals surface area contributed by atoms with E-state index < -0.39 is 5.54 Å². The summed E-state index contributed by atoms with van der Waals surface area (Å²) in [6.07, 6.45) is 2.54. The first-order valence-electron chi connectivity index (χ1n) is 9.67. The van der Waals surface area contributed by atoms with Crippen molar-refractivity contribution in [1.82, 2.24) is 19.7 Å². The third-order valence-corrected chi connectivity index (χ3v) is 5.58. The molecule has 0 aromatic carbocycles. The van der Waals surface area contributed by atoms with Crippen molar-refractivity contribution in [2.24, 2.45) is 5.92 Å². The van der Waals surface area contributed by atoms with Crippen molar-refractivity contribution in [3.8, 4) is 5.88 Å². The van der Waals surface area contributed by atoms with Crippen LogP contribution in [0, 0.1) is 5.92 Å². The van der Waals surface area contributed by atoms with Crippen LogP contribution < -0.4 is 4.74 Å². The van der Waals surface area contributed by atoms with E-state index in [1.165, 1.54) is 18.9 Å². The highest BCUT2D eigenvalue weighted by molar-refractivity contribution is 6.07. The number of methoxy groups -OCH3 is 1. The minimum atomic E-state index is -0.872. The third kappa shape index (κ3) is 3.43. The van der Waals surface area contributed by atoms with Crippen LogP contribution in [-0.2, 0) is 16.1 Å². The zero-order valence-electron chi connectivity index (χ0n) is 17.0. The maximum atomic E-state index is 13.5. The van der Waals surface area contributed by atoms with Gasteiger partial charge >= 0.3 is 6.03 Å². The Hall–Kier alpha value is -2.64. The van der Waals surface area contributed by atoms with E-state index in [1.807, 2.05) is 19.9 Å². The molecule has 2 fully saturated rings. The van der Waals surface area contributed by atoms with Crippen molar-refractivity contribution >= 4 is 17.8 Å². The summed E-state index contributed by atoms with van der Waals surface area (Å²) >= 11 is 0. The molecule has 0 radical (unpaired) electrons. The molecule has 0 bridgehead atoms. The summed E-state index contributed by atoms with van der Waals surface area (Å²) in [5.41, 5.74) is -0.183. The molecule has 4 amide bonds. The van der Waals surface area contributed by atoms with Crippen LogP contribution >= 0.6 is 0 Å². The van der Waals surface area contributed by atoms with E-state index in [2.05, 4.69) is 4.98 Å². The van der Waals surface area contributed by atoms with Crippen LogP contribution in [0.15, 0.2) is 18.3 Å². The van der Waals surface area contributed by atoms with E-state index >= 15 is 0 Å². The van der Waals surface area contributed by atoms with Crippen LogP contribution in [0.2, 0.25) is 0 Å². The van der Waals surface area contributed by atoms with E-state index in [0.29, 0.717) is 43.9 Å². The molecule has 1 aromatic rings. The fraction of sp³-hybridized carbons (Fsp3) is 0.600. The molecule has 0 atom stereocenters. The number of nitrogens with zero attached hydrogens (tertiary/aromatic N) is 4. The first-order chi connectivity index (χ1) is 13.3. The highest BCUT2D eigenvalue weighted by atomic mass is 16.5. The van der Waals surface area contributed by atoms with Crippen molar-refractivity contribution in [1.29, 1.82) is 0 Å². The molecule has 0 N–H and O–H groups in total. The topological polar surface area (TPSA) is 83.1 Å². The molecule has 8 heteroatoms. The van der Waals surface area contributed by atoms with Crippen LogP contribution in [-0.4, -0.2) is 69.8 Å². The second-order valence-corrected chi connectivity index (χ2v) is 7.89. The summed E-state index contributed by atoms with van der Waals surface area (Å²) in [5, 5.41) is 0. The van der Waals surface area contributed by atoms with Gasteiger partial charge in [-0.05, 0) is 24.8 Å². The second kappa shape index (κ2) is 7.77. The van der Waals surface area contributed by atoms with Gasteiger partial charge in [0.15, 0.2) is 0 Å². The summed E-state index contributed by atoms with van der Waals surface area (Å²) in [5.74, 6) is 0.449. The zero-order chi connectivity index (χ0) is 20.5. The lowest BCUT2D eigenvalue weighted by Gasteiger charge is -2.42. The van der Waals surface area contributed by atoms with E-state index in [-0.39, 0.29) is 30.3 Å². The van der Waals surface area contributed by atoms with Gasteiger partial charge in [-0.15, -0.1) is 0 Å². The number of rotatable bonds is 5. The van der Waals surface area contributed by atoms with E-state index in [4.69, 9.17) is 4.74 Å². The molecule has 0 unspecified atom stereocenters. The number of carbonyl (C=O) groups is 3. The predicted octanol–water partition coefficient (Wildman–Crippen LogP) is 1.89. The largest absolute Gasteiger partial charge is 0.481 e. The fourth-order valence-electron chi connectivity index (χ4n) is 4.11. The Balaban J connectivity index is 1.90. The molecule has 8 nitrogen and oxygen atoms in total. The average Bonchev–Trinajstić information content (AvgIpc) is 2.85. The van der Waals surface area contributed by atoms with Crippen molar-refractivity contribution in [2.75, 3.05) is 26.7 Å². The summed E-state index contributed by atoms with van der Waals surface area (Å²) in [6, 6.07) is 3.29. The first-order valence-corrected chi connectivity index (χ1v) is 9.67. The Morgan fingerprint density at radius 1 is 1.29 bits per heavy atom. The molecule has 2 saturated heterocycles. The summed E-state index contributed by atoms with van der Waals surface area (Å²) in [6.45, 7) is 7.19. The second-order valence-electron chi connectivity index (χ2n) is 7.89. The van der Waals surface area contributed by atoms with Gasteiger partial charge in [0.05, 0.1) is 13.7 Å². The monoisotopic (exact) mass is 388 g/mol. The quantitative estimate of drug-likeness (QED) is 0.720. The maximum Gasteiger partial charge on any atom is 0.328 e. The zero-order valence-corrected chi connectivity index (χ0v) is 17.0. The number of hydrogen-bond donors (Lipinski definition) is 0. The van der Waals surface area contributed by atoms with Crippen LogP contribution in [0.1, 0.15) is 39.2 Å². The molecule has 0 saturated carbocycles. The van der Waals surface area contributed by atoms with Gasteiger partial charge in [0.1, 0.15) is 5.54 Å². The smallest absolute Gasteiger partial charge is 0.328 e. The van der Waals surface area contributed by atoms with Crippen molar-refractivity contribution in [2.45, 2.75) is 45.7 Å². The number of imide groups is 1. The molecule has 28 heavy (non-hydrogen) atoms. The molecule has 3 rings (SSSR count). The number of ether oxygens (including phenoxy) is 1. The number of amides is 4. The Bertz CT molecular complexity index is 771. The predicted molar refractivity (Wildman–Crippen MR) is 102 cm³/mol. The Morgan fingerprint density at radius 3 is 2.54 bits per heavy atom. The van der Waals surface area contributed by atoms with Gasteiger partial charge in [0.2, 0.25) is 11.8 Å². The number of urea groups is 1. The molecule has 1 spiro atoms. The Morgan fingerprint density at radius 2 is 1.96 bits per heavy atom. The van der Waals surface area contributed by atoms with Crippen molar-refractivity contribution in [3.05, 3.63) is 23.9 Å². The summed E-state index contributed by atoms with van der Waals surface area (Å²) in [4.78, 5) is 47.3. The lowest BCUT2D eigenvalue weighted by Crippen LogP contribution is -2.57. The standard InChI is InChI=1S/C20H28N4O4/c1-14(2)12-24-19(27)23(13-16-6-5-9-21-17(16)28-4)18(26)20(24)7-10-22(11-8-20)15(3)25/h5-6,9,14H,7-8,10-13H2,1-4H3. The van der Waals surface area contributed by atoms with E-state index in [1.54, 1.807) is 22.1 Å². The molecule has 2 aliphatic rings. The number of pyridine rings is 1. The van der Waals surface area contributed by atoms with Crippen LogP contribution in [0.4, 0.5) is 4.79 Å². The highest BCUT2D eigenvalue weighted by Gasteiger charge is 2.58. The molecule has 152 valence electrons. The van der Waals surface area contributed by atoms with Crippen LogP contribution in [0.5, 0.6) is 5.88 Å². The van der Waals surface area contributed by atoms with Gasteiger partial charge in [-0.25, -0.2) is 9.78 Å². The van der Waals surface area contributed by atoms with Gasteiger partial charge in [-0.3, -0.25) is 14.5 Å². The number of aromatic nitrogens is 1. The van der Waals surface area contributed by atoms with Gasteiger partial charge < -0.3 is 14.5 Å². The molecule has 1 aromatic heterocycles. The molecule has 3 heterocycles. The molecule has 0 aliphatic carbocycles. The van der Waals surface area contributed by atoms with E-state index in [0.717, 1.165) is 0 Å². The lowest BCUT2D eigenvalue weighted by atomic mass is 9.85. The van der Waals surface area contributed by atoms with Gasteiger partial charge in [0, 0.05) is 38.3 Å². The highest BCUT2D eigenvalue weighted by Crippen LogP contribution is 2.39. The number of piperidine rings is 1. The SMILES string of the molecule is COc1ncccc1CN1C(=O)N(CC(C)C)C2(CCN(C(C)=O)CC2)C1=O. The molecular weight excluding hydrogens is 360 g/mol. The average molecular weight is 388 g/mol. The van der Waals surface area contributed by atoms with Crippen LogP contribution in [0.25, 0.3) is 0 Å². The first kappa shape index (κ1) is 20.1. The summed E-state index contributed by atoms with van der Waals surface area (Å²) < 4.78 is 5.28.